The van der Waals surface area contributed by atoms with E-state index in [1.54, 1.807) is 24.2 Å². The van der Waals surface area contributed by atoms with Crippen LogP contribution in [0, 0.1) is 29.1 Å². The average Bonchev–Trinajstić information content (AvgIpc) is 3.22. The molecule has 4 heterocycles. The minimum absolute atomic E-state index is 0.121. The zero-order chi connectivity index (χ0) is 23.4. The van der Waals surface area contributed by atoms with Gasteiger partial charge in [-0.15, -0.1) is 0 Å². The number of aromatic amines is 1. The fraction of sp³-hybridized carbons (Fsp3) is 0.400. The van der Waals surface area contributed by atoms with Crippen LogP contribution in [0.5, 0.6) is 0 Å². The first-order chi connectivity index (χ1) is 16.5. The number of benzene rings is 1. The van der Waals surface area contributed by atoms with E-state index < -0.39 is 6.04 Å². The van der Waals surface area contributed by atoms with Crippen molar-refractivity contribution in [1.29, 1.82) is 5.26 Å². The van der Waals surface area contributed by atoms with E-state index in [-0.39, 0.29) is 17.7 Å². The van der Waals surface area contributed by atoms with Crippen molar-refractivity contribution in [2.24, 2.45) is 17.8 Å². The lowest BCUT2D eigenvalue weighted by molar-refractivity contribution is -0.137. The third kappa shape index (κ3) is 3.55. The minimum atomic E-state index is -0.698. The first kappa shape index (κ1) is 20.7. The largest absolute Gasteiger partial charge is 0.371 e. The van der Waals surface area contributed by atoms with Gasteiger partial charge in [0.15, 0.2) is 5.65 Å². The number of fused-ring (bicyclic) bond motifs is 2. The molecule has 0 spiro atoms. The summed E-state index contributed by atoms with van der Waals surface area (Å²) in [4.78, 5) is 41.7. The predicted molar refractivity (Wildman–Crippen MR) is 126 cm³/mol. The molecule has 3 atom stereocenters. The number of carbonyl (C=O) groups is 2. The van der Waals surface area contributed by atoms with Crippen molar-refractivity contribution in [3.05, 3.63) is 42.2 Å². The van der Waals surface area contributed by atoms with Crippen molar-refractivity contribution in [2.75, 3.05) is 31.1 Å². The standard InChI is InChI=1S/C25H25N7O2/c1-14(25(34)32-10-15(7-26)11-32)29-24(33)20-8-27-23-22(20)30-21(9-28-23)16-3-2-4-19(6-16)31-12-17-5-18(17)13-31/h2-4,6,8-9,14-15,17-18H,5,10-13H2,1H3,(H,27,28)(H,29,33)/t14-,17-,18+/m1/s1. The van der Waals surface area contributed by atoms with E-state index in [1.165, 1.54) is 12.1 Å². The minimum Gasteiger partial charge on any atom is -0.371 e. The number of amides is 2. The summed E-state index contributed by atoms with van der Waals surface area (Å²) in [6.07, 6.45) is 4.64. The topological polar surface area (TPSA) is 118 Å². The second kappa shape index (κ2) is 7.83. The molecule has 34 heavy (non-hydrogen) atoms. The van der Waals surface area contributed by atoms with Crippen LogP contribution in [0.4, 0.5) is 5.69 Å². The fourth-order valence-electron chi connectivity index (χ4n) is 5.02. The second-order valence-corrected chi connectivity index (χ2v) is 9.63. The van der Waals surface area contributed by atoms with Crippen molar-refractivity contribution < 1.29 is 9.59 Å². The number of hydrogen-bond donors (Lipinski definition) is 2. The van der Waals surface area contributed by atoms with Gasteiger partial charge in [0.05, 0.1) is 29.4 Å². The van der Waals surface area contributed by atoms with Crippen LogP contribution in [0.3, 0.4) is 0 Å². The van der Waals surface area contributed by atoms with Crippen molar-refractivity contribution in [3.63, 3.8) is 0 Å². The van der Waals surface area contributed by atoms with E-state index in [4.69, 9.17) is 10.2 Å². The molecule has 9 nitrogen and oxygen atoms in total. The smallest absolute Gasteiger partial charge is 0.255 e. The van der Waals surface area contributed by atoms with Crippen LogP contribution < -0.4 is 10.2 Å². The Hall–Kier alpha value is -3.93. The first-order valence-electron chi connectivity index (χ1n) is 11.7. The van der Waals surface area contributed by atoms with E-state index in [9.17, 15) is 9.59 Å². The summed E-state index contributed by atoms with van der Waals surface area (Å²) in [6.45, 7) is 4.71. The van der Waals surface area contributed by atoms with Gasteiger partial charge in [-0.25, -0.2) is 9.97 Å². The van der Waals surface area contributed by atoms with Crippen LogP contribution in [0.2, 0.25) is 0 Å². The molecule has 0 unspecified atom stereocenters. The quantitative estimate of drug-likeness (QED) is 0.609. The molecule has 0 radical (unpaired) electrons. The van der Waals surface area contributed by atoms with Crippen LogP contribution in [0.1, 0.15) is 23.7 Å². The number of nitrogens with one attached hydrogen (secondary N) is 2. The number of nitrogens with zero attached hydrogens (tertiary/aromatic N) is 5. The van der Waals surface area contributed by atoms with Crippen LogP contribution in [-0.2, 0) is 4.79 Å². The molecule has 1 aliphatic carbocycles. The molecule has 2 aromatic heterocycles. The van der Waals surface area contributed by atoms with Gasteiger partial charge in [0, 0.05) is 43.6 Å². The SMILES string of the molecule is C[C@@H](NC(=O)c1c[nH]c2ncc(-c3cccc(N4C[C@H]5C[C@H]5C4)c3)nc12)C(=O)N1CC(C#N)C1. The molecular formula is C25H25N7O2. The summed E-state index contributed by atoms with van der Waals surface area (Å²) < 4.78 is 0. The van der Waals surface area contributed by atoms with Gasteiger partial charge in [-0.1, -0.05) is 12.1 Å². The Morgan fingerprint density at radius 2 is 2.03 bits per heavy atom. The molecule has 1 aromatic carbocycles. The van der Waals surface area contributed by atoms with E-state index >= 15 is 0 Å². The molecule has 2 amide bonds. The summed E-state index contributed by atoms with van der Waals surface area (Å²) in [5.41, 5.74) is 4.17. The van der Waals surface area contributed by atoms with Gasteiger partial charge in [0.2, 0.25) is 5.91 Å². The second-order valence-electron chi connectivity index (χ2n) is 9.63. The molecule has 3 aliphatic rings. The Bertz CT molecular complexity index is 1330. The first-order valence-corrected chi connectivity index (χ1v) is 11.7. The van der Waals surface area contributed by atoms with Crippen LogP contribution in [-0.4, -0.2) is 63.9 Å². The maximum Gasteiger partial charge on any atom is 0.255 e. The number of hydrogen-bond acceptors (Lipinski definition) is 6. The summed E-state index contributed by atoms with van der Waals surface area (Å²) in [5, 5.41) is 11.7. The number of aromatic nitrogens is 3. The van der Waals surface area contributed by atoms with Crippen LogP contribution >= 0.6 is 0 Å². The van der Waals surface area contributed by atoms with Crippen molar-refractivity contribution in [1.82, 2.24) is 25.2 Å². The molecule has 172 valence electrons. The highest BCUT2D eigenvalue weighted by molar-refractivity contribution is 6.06. The van der Waals surface area contributed by atoms with Gasteiger partial charge in [-0.05, 0) is 37.3 Å². The Balaban J connectivity index is 1.21. The van der Waals surface area contributed by atoms with Gasteiger partial charge < -0.3 is 20.1 Å². The lowest BCUT2D eigenvalue weighted by Crippen LogP contribution is -2.55. The van der Waals surface area contributed by atoms with Crippen LogP contribution in [0.15, 0.2) is 36.7 Å². The highest BCUT2D eigenvalue weighted by Gasteiger charge is 2.45. The number of likely N-dealkylation sites (tertiary alicyclic amines) is 1. The summed E-state index contributed by atoms with van der Waals surface area (Å²) in [5.74, 6) is 1.00. The van der Waals surface area contributed by atoms with E-state index in [0.29, 0.717) is 35.5 Å². The molecule has 6 rings (SSSR count). The van der Waals surface area contributed by atoms with Crippen molar-refractivity contribution >= 4 is 28.7 Å². The van der Waals surface area contributed by atoms with E-state index in [0.717, 1.165) is 30.5 Å². The molecular weight excluding hydrogens is 430 g/mol. The van der Waals surface area contributed by atoms with Gasteiger partial charge in [0.25, 0.3) is 5.91 Å². The number of carbonyl (C=O) groups excluding carboxylic acids is 2. The monoisotopic (exact) mass is 455 g/mol. The van der Waals surface area contributed by atoms with E-state index in [1.807, 2.05) is 12.1 Å². The Morgan fingerprint density at radius 1 is 1.24 bits per heavy atom. The normalized spacial score (nSPS) is 22.1. The zero-order valence-corrected chi connectivity index (χ0v) is 18.9. The van der Waals surface area contributed by atoms with Gasteiger partial charge in [0.1, 0.15) is 11.6 Å². The number of nitriles is 1. The highest BCUT2D eigenvalue weighted by Crippen LogP contribution is 2.46. The fourth-order valence-corrected chi connectivity index (χ4v) is 5.02. The molecule has 1 saturated carbocycles. The lowest BCUT2D eigenvalue weighted by atomic mass is 10.0. The zero-order valence-electron chi connectivity index (χ0n) is 18.9. The summed E-state index contributed by atoms with van der Waals surface area (Å²) >= 11 is 0. The molecule has 2 aliphatic heterocycles. The molecule has 2 saturated heterocycles. The Kier molecular flexibility index (Phi) is 4.76. The van der Waals surface area contributed by atoms with Gasteiger partial charge in [-0.3, -0.25) is 9.59 Å². The lowest BCUT2D eigenvalue weighted by Gasteiger charge is -2.37. The Labute approximate surface area is 196 Å². The van der Waals surface area contributed by atoms with Gasteiger partial charge >= 0.3 is 0 Å². The highest BCUT2D eigenvalue weighted by atomic mass is 16.2. The Morgan fingerprint density at radius 3 is 2.79 bits per heavy atom. The number of H-pyrrole nitrogens is 1. The molecule has 9 heteroatoms. The molecule has 3 aromatic rings. The third-order valence-corrected chi connectivity index (χ3v) is 7.21. The summed E-state index contributed by atoms with van der Waals surface area (Å²) in [6, 6.07) is 9.75. The maximum absolute atomic E-state index is 13.0. The van der Waals surface area contributed by atoms with Crippen molar-refractivity contribution in [2.45, 2.75) is 19.4 Å². The number of anilines is 1. The van der Waals surface area contributed by atoms with Crippen molar-refractivity contribution in [3.8, 4) is 17.3 Å². The average molecular weight is 456 g/mol. The summed E-state index contributed by atoms with van der Waals surface area (Å²) in [7, 11) is 0. The maximum atomic E-state index is 13.0. The van der Waals surface area contributed by atoms with Crippen LogP contribution in [0.25, 0.3) is 22.4 Å². The van der Waals surface area contributed by atoms with Gasteiger partial charge in [-0.2, -0.15) is 5.26 Å². The molecule has 0 bridgehead atoms. The molecule has 2 N–H and O–H groups in total. The number of rotatable bonds is 5. The van der Waals surface area contributed by atoms with E-state index in [2.05, 4.69) is 38.4 Å². The molecule has 3 fully saturated rings. The number of piperidine rings is 1. The third-order valence-electron chi connectivity index (χ3n) is 7.21. The predicted octanol–water partition coefficient (Wildman–Crippen LogP) is 2.18.